The molecule has 0 fully saturated rings. The molecule has 0 bridgehead atoms. The van der Waals surface area contributed by atoms with Crippen molar-refractivity contribution in [2.24, 2.45) is 0 Å². The maximum Gasteiger partial charge on any atom is 0.321 e. The minimum absolute atomic E-state index is 0.305. The number of carbonyl (C=O) groups is 1. The van der Waals surface area contributed by atoms with E-state index in [9.17, 15) is 9.90 Å². The molecule has 6 rings (SSSR count). The summed E-state index contributed by atoms with van der Waals surface area (Å²) >= 11 is 3.35. The Hall–Kier alpha value is -3.53. The van der Waals surface area contributed by atoms with Gasteiger partial charge >= 0.3 is 5.97 Å². The fraction of sp³-hybridized carbons (Fsp3) is 0.214. The summed E-state index contributed by atoms with van der Waals surface area (Å²) in [4.78, 5) is 20.4. The number of nitrogens with zero attached hydrogens (tertiary/aromatic N) is 1. The van der Waals surface area contributed by atoms with Gasteiger partial charge in [0, 0.05) is 34.3 Å². The number of para-hydroxylation sites is 1. The number of thiazole rings is 1. The SMILES string of the molecule is COc1ccc2[nH]c3c(c2c1)C[C@@H](C(=O)O)N[C@H]3c1ccc(OC)c(CSc2nc3ccccc3s2)c1. The number of H-pyrrole nitrogens is 1. The van der Waals surface area contributed by atoms with Crippen molar-refractivity contribution in [2.45, 2.75) is 28.6 Å². The highest BCUT2D eigenvalue weighted by molar-refractivity contribution is 8.00. The van der Waals surface area contributed by atoms with E-state index in [4.69, 9.17) is 14.5 Å². The van der Waals surface area contributed by atoms with Gasteiger partial charge in [-0.3, -0.25) is 10.1 Å². The van der Waals surface area contributed by atoms with Gasteiger partial charge in [0.05, 0.1) is 30.5 Å². The molecule has 37 heavy (non-hydrogen) atoms. The van der Waals surface area contributed by atoms with Crippen LogP contribution in [0, 0.1) is 0 Å². The first-order valence-corrected chi connectivity index (χ1v) is 13.7. The van der Waals surface area contributed by atoms with Gasteiger partial charge in [0.2, 0.25) is 0 Å². The van der Waals surface area contributed by atoms with Crippen molar-refractivity contribution in [2.75, 3.05) is 14.2 Å². The number of aromatic nitrogens is 2. The molecule has 7 nitrogen and oxygen atoms in total. The van der Waals surface area contributed by atoms with Gasteiger partial charge in [0.1, 0.15) is 17.5 Å². The van der Waals surface area contributed by atoms with Gasteiger partial charge in [0.25, 0.3) is 0 Å². The number of hydrogen-bond acceptors (Lipinski definition) is 7. The van der Waals surface area contributed by atoms with Crippen LogP contribution in [0.4, 0.5) is 0 Å². The first-order chi connectivity index (χ1) is 18.0. The predicted molar refractivity (Wildman–Crippen MR) is 147 cm³/mol. The van der Waals surface area contributed by atoms with Crippen LogP contribution in [0.3, 0.4) is 0 Å². The normalized spacial score (nSPS) is 17.1. The van der Waals surface area contributed by atoms with Crippen molar-refractivity contribution >= 4 is 50.2 Å². The summed E-state index contributed by atoms with van der Waals surface area (Å²) < 4.78 is 13.3. The molecule has 0 radical (unpaired) electrons. The summed E-state index contributed by atoms with van der Waals surface area (Å²) in [6, 6.07) is 19.1. The molecule has 3 heterocycles. The van der Waals surface area contributed by atoms with E-state index < -0.39 is 12.0 Å². The Bertz CT molecular complexity index is 1590. The molecule has 0 spiro atoms. The molecule has 0 saturated heterocycles. The van der Waals surface area contributed by atoms with Gasteiger partial charge in [-0.1, -0.05) is 30.0 Å². The lowest BCUT2D eigenvalue weighted by atomic mass is 9.89. The van der Waals surface area contributed by atoms with E-state index in [1.54, 1.807) is 37.3 Å². The van der Waals surface area contributed by atoms with E-state index in [0.29, 0.717) is 12.2 Å². The molecule has 0 amide bonds. The van der Waals surface area contributed by atoms with Crippen molar-refractivity contribution in [1.29, 1.82) is 0 Å². The average molecular weight is 532 g/mol. The van der Waals surface area contributed by atoms with E-state index in [1.165, 1.54) is 4.70 Å². The number of aromatic amines is 1. The number of methoxy groups -OCH3 is 2. The summed E-state index contributed by atoms with van der Waals surface area (Å²) in [6.45, 7) is 0. The number of thioether (sulfide) groups is 1. The second-order valence-corrected chi connectivity index (χ2v) is 11.2. The molecule has 1 aliphatic rings. The summed E-state index contributed by atoms with van der Waals surface area (Å²) in [5, 5.41) is 14.3. The van der Waals surface area contributed by atoms with Crippen molar-refractivity contribution in [3.05, 3.63) is 83.0 Å². The maximum atomic E-state index is 12.1. The monoisotopic (exact) mass is 531 g/mol. The van der Waals surface area contributed by atoms with Crippen LogP contribution in [-0.4, -0.2) is 41.3 Å². The highest BCUT2D eigenvalue weighted by Gasteiger charge is 2.34. The van der Waals surface area contributed by atoms with Crippen molar-refractivity contribution in [1.82, 2.24) is 15.3 Å². The van der Waals surface area contributed by atoms with Gasteiger partial charge in [-0.2, -0.15) is 0 Å². The number of ether oxygens (including phenoxy) is 2. The lowest BCUT2D eigenvalue weighted by Crippen LogP contribution is -2.45. The number of aliphatic carboxylic acids is 1. The van der Waals surface area contributed by atoms with Gasteiger partial charge in [-0.15, -0.1) is 11.3 Å². The molecule has 2 aromatic heterocycles. The second-order valence-electron chi connectivity index (χ2n) is 8.93. The minimum Gasteiger partial charge on any atom is -0.497 e. The lowest BCUT2D eigenvalue weighted by molar-refractivity contribution is -0.139. The standard InChI is InChI=1S/C28H25N3O4S2/c1-34-17-8-9-20-18(12-17)19-13-22(27(32)33)30-25(26(19)29-20)15-7-10-23(35-2)16(11-15)14-36-28-31-21-5-3-4-6-24(21)37-28/h3-12,22,25,29-30H,13-14H2,1-2H3,(H,32,33)/t22-,25-/m0/s1. The highest BCUT2D eigenvalue weighted by Crippen LogP contribution is 2.39. The van der Waals surface area contributed by atoms with Crippen LogP contribution in [0.2, 0.25) is 0 Å². The van der Waals surface area contributed by atoms with Crippen LogP contribution in [-0.2, 0) is 17.0 Å². The Labute approximate surface area is 221 Å². The van der Waals surface area contributed by atoms with Crippen LogP contribution in [0.25, 0.3) is 21.1 Å². The zero-order valence-corrected chi connectivity index (χ0v) is 21.9. The molecule has 9 heteroatoms. The molecule has 188 valence electrons. The molecule has 3 N–H and O–H groups in total. The molecule has 3 aromatic carbocycles. The van der Waals surface area contributed by atoms with Gasteiger partial charge < -0.3 is 19.6 Å². The topological polar surface area (TPSA) is 96.5 Å². The lowest BCUT2D eigenvalue weighted by Gasteiger charge is -2.30. The second kappa shape index (κ2) is 9.74. The molecule has 5 aromatic rings. The number of fused-ring (bicyclic) bond motifs is 4. The van der Waals surface area contributed by atoms with Crippen LogP contribution in [0.1, 0.15) is 28.4 Å². The summed E-state index contributed by atoms with van der Waals surface area (Å²) in [7, 11) is 3.30. The molecule has 0 saturated carbocycles. The predicted octanol–water partition coefficient (Wildman–Crippen LogP) is 5.78. The van der Waals surface area contributed by atoms with E-state index in [1.807, 2.05) is 48.5 Å². The third-order valence-corrected chi connectivity index (χ3v) is 9.00. The van der Waals surface area contributed by atoms with E-state index in [2.05, 4.69) is 22.4 Å². The Morgan fingerprint density at radius 1 is 1.14 bits per heavy atom. The number of rotatable bonds is 7. The Morgan fingerprint density at radius 3 is 2.78 bits per heavy atom. The van der Waals surface area contributed by atoms with Gasteiger partial charge in [0.15, 0.2) is 4.34 Å². The number of carboxylic acid groups (broad SMARTS) is 1. The number of hydrogen-bond donors (Lipinski definition) is 3. The first-order valence-electron chi connectivity index (χ1n) is 11.9. The molecule has 2 atom stereocenters. The zero-order chi connectivity index (χ0) is 25.5. The van der Waals surface area contributed by atoms with Crippen molar-refractivity contribution in [3.8, 4) is 11.5 Å². The Balaban J connectivity index is 1.37. The molecule has 1 aliphatic heterocycles. The summed E-state index contributed by atoms with van der Waals surface area (Å²) in [5.41, 5.74) is 5.96. The minimum atomic E-state index is -0.868. The average Bonchev–Trinajstić information content (AvgIpc) is 3.51. The van der Waals surface area contributed by atoms with Crippen LogP contribution in [0.5, 0.6) is 11.5 Å². The molecular weight excluding hydrogens is 506 g/mol. The van der Waals surface area contributed by atoms with Crippen LogP contribution in [0.15, 0.2) is 65.0 Å². The molecular formula is C28H25N3O4S2. The smallest absolute Gasteiger partial charge is 0.321 e. The number of benzene rings is 3. The van der Waals surface area contributed by atoms with E-state index >= 15 is 0 Å². The van der Waals surface area contributed by atoms with E-state index in [-0.39, 0.29) is 6.04 Å². The maximum absolute atomic E-state index is 12.1. The van der Waals surface area contributed by atoms with Gasteiger partial charge in [-0.05, 0) is 53.6 Å². The zero-order valence-electron chi connectivity index (χ0n) is 20.3. The summed E-state index contributed by atoms with van der Waals surface area (Å²) in [5.74, 6) is 1.36. The van der Waals surface area contributed by atoms with E-state index in [0.717, 1.165) is 54.6 Å². The summed E-state index contributed by atoms with van der Waals surface area (Å²) in [6.07, 6.45) is 0.394. The van der Waals surface area contributed by atoms with Crippen LogP contribution < -0.4 is 14.8 Å². The highest BCUT2D eigenvalue weighted by atomic mass is 32.2. The van der Waals surface area contributed by atoms with Gasteiger partial charge in [-0.25, -0.2) is 4.98 Å². The van der Waals surface area contributed by atoms with Crippen LogP contribution >= 0.6 is 23.1 Å². The number of carboxylic acids is 1. The third-order valence-electron chi connectivity index (χ3n) is 6.77. The third kappa shape index (κ3) is 4.43. The largest absolute Gasteiger partial charge is 0.497 e. The first kappa shape index (κ1) is 23.8. The Kier molecular flexibility index (Phi) is 6.27. The van der Waals surface area contributed by atoms with Crippen molar-refractivity contribution in [3.63, 3.8) is 0 Å². The number of nitrogens with one attached hydrogen (secondary N) is 2. The van der Waals surface area contributed by atoms with Crippen molar-refractivity contribution < 1.29 is 19.4 Å². The Morgan fingerprint density at radius 2 is 2.00 bits per heavy atom. The molecule has 0 aliphatic carbocycles. The fourth-order valence-electron chi connectivity index (χ4n) is 4.95. The molecule has 0 unspecified atom stereocenters. The quantitative estimate of drug-likeness (QED) is 0.229. The fourth-order valence-corrected chi connectivity index (χ4v) is 7.00.